The second-order valence-corrected chi connectivity index (χ2v) is 3.23. The van der Waals surface area contributed by atoms with Crippen LogP contribution in [0.1, 0.15) is 37.6 Å². The van der Waals surface area contributed by atoms with Gasteiger partial charge in [0, 0.05) is 7.05 Å². The van der Waals surface area contributed by atoms with Crippen LogP contribution in [0, 0.1) is 0 Å². The van der Waals surface area contributed by atoms with Gasteiger partial charge in [0.15, 0.2) is 0 Å². The monoisotopic (exact) mass is 201 g/mol. The average Bonchev–Trinajstić information content (AvgIpc) is 2.16. The zero-order valence-electron chi connectivity index (χ0n) is 8.38. The molecule has 78 valence electrons. The molecule has 0 aliphatic heterocycles. The van der Waals surface area contributed by atoms with E-state index in [0.717, 1.165) is 6.20 Å². The third-order valence-corrected chi connectivity index (χ3v) is 1.83. The lowest BCUT2D eigenvalue weighted by Crippen LogP contribution is -2.06. The van der Waals surface area contributed by atoms with Crippen molar-refractivity contribution in [2.45, 2.75) is 26.2 Å². The van der Waals surface area contributed by atoms with E-state index in [1.54, 1.807) is 7.05 Å². The fourth-order valence-electron chi connectivity index (χ4n) is 1.12. The molecule has 1 rings (SSSR count). The molecule has 5 heteroatoms. The van der Waals surface area contributed by atoms with Crippen molar-refractivity contribution in [3.8, 4) is 0 Å². The Morgan fingerprint density at radius 1 is 1.36 bits per heavy atom. The van der Waals surface area contributed by atoms with Crippen LogP contribution in [0.4, 0.5) is 14.6 Å². The highest BCUT2D eigenvalue weighted by atomic mass is 19.3. The minimum atomic E-state index is -2.57. The van der Waals surface area contributed by atoms with E-state index in [9.17, 15) is 8.78 Å². The van der Waals surface area contributed by atoms with Crippen molar-refractivity contribution in [2.24, 2.45) is 0 Å². The lowest BCUT2D eigenvalue weighted by atomic mass is 10.1. The summed E-state index contributed by atoms with van der Waals surface area (Å²) in [6.07, 6.45) is -1.45. The van der Waals surface area contributed by atoms with Crippen LogP contribution < -0.4 is 5.32 Å². The smallest absolute Gasteiger partial charge is 0.281 e. The first-order valence-electron chi connectivity index (χ1n) is 4.39. The summed E-state index contributed by atoms with van der Waals surface area (Å²) in [5.74, 6) is 0.592. The second kappa shape index (κ2) is 4.30. The number of alkyl halides is 2. The van der Waals surface area contributed by atoms with E-state index in [-0.39, 0.29) is 11.6 Å². The Morgan fingerprint density at radius 2 is 2.00 bits per heavy atom. The topological polar surface area (TPSA) is 37.8 Å². The lowest BCUT2D eigenvalue weighted by Gasteiger charge is -2.11. The lowest BCUT2D eigenvalue weighted by molar-refractivity contribution is 0.145. The summed E-state index contributed by atoms with van der Waals surface area (Å²) in [5.41, 5.74) is 0.413. The highest BCUT2D eigenvalue weighted by Gasteiger charge is 2.14. The minimum Gasteiger partial charge on any atom is -0.372 e. The molecular weight excluding hydrogens is 188 g/mol. The minimum absolute atomic E-state index is 0.164. The van der Waals surface area contributed by atoms with Gasteiger partial charge in [0.2, 0.25) is 0 Å². The van der Waals surface area contributed by atoms with Gasteiger partial charge in [-0.3, -0.25) is 4.98 Å². The van der Waals surface area contributed by atoms with Crippen LogP contribution in [0.15, 0.2) is 6.20 Å². The van der Waals surface area contributed by atoms with Crippen LogP contribution in [-0.2, 0) is 0 Å². The molecule has 0 saturated heterocycles. The van der Waals surface area contributed by atoms with Gasteiger partial charge in [-0.05, 0) is 5.92 Å². The second-order valence-electron chi connectivity index (χ2n) is 3.23. The van der Waals surface area contributed by atoms with Crippen LogP contribution in [0.2, 0.25) is 0 Å². The standard InChI is InChI=1S/C9H13F2N3/c1-5(2)7-9(12-3)14-6(4-13-7)8(10)11/h4-5,8H,1-3H3,(H,12,14). The molecule has 0 spiro atoms. The predicted octanol–water partition coefficient (Wildman–Crippen LogP) is 2.58. The molecule has 0 aliphatic carbocycles. The van der Waals surface area contributed by atoms with E-state index in [1.807, 2.05) is 13.8 Å². The van der Waals surface area contributed by atoms with Gasteiger partial charge in [0.25, 0.3) is 6.43 Å². The third-order valence-electron chi connectivity index (χ3n) is 1.83. The molecule has 0 unspecified atom stereocenters. The highest BCUT2D eigenvalue weighted by Crippen LogP contribution is 2.23. The van der Waals surface area contributed by atoms with Gasteiger partial charge in [-0.25, -0.2) is 13.8 Å². The Balaban J connectivity index is 3.11. The number of halogens is 2. The number of aromatic nitrogens is 2. The fourth-order valence-corrected chi connectivity index (χ4v) is 1.12. The Hall–Kier alpha value is -1.26. The molecule has 1 heterocycles. The SMILES string of the molecule is CNc1nc(C(F)F)cnc1C(C)C. The molecule has 1 aromatic rings. The molecule has 0 atom stereocenters. The normalized spacial score (nSPS) is 11.1. The largest absolute Gasteiger partial charge is 0.372 e. The molecule has 0 amide bonds. The third kappa shape index (κ3) is 2.16. The molecule has 14 heavy (non-hydrogen) atoms. The molecule has 0 saturated carbocycles. The molecule has 0 aliphatic rings. The van der Waals surface area contributed by atoms with Crippen molar-refractivity contribution in [1.82, 2.24) is 9.97 Å². The molecule has 1 N–H and O–H groups in total. The molecule has 0 radical (unpaired) electrons. The maximum atomic E-state index is 12.3. The predicted molar refractivity (Wildman–Crippen MR) is 50.6 cm³/mol. The van der Waals surface area contributed by atoms with Crippen molar-refractivity contribution in [3.63, 3.8) is 0 Å². The summed E-state index contributed by atoms with van der Waals surface area (Å²) in [4.78, 5) is 7.75. The number of hydrogen-bond donors (Lipinski definition) is 1. The first kappa shape index (κ1) is 10.8. The maximum absolute atomic E-state index is 12.3. The van der Waals surface area contributed by atoms with Gasteiger partial charge in [0.1, 0.15) is 11.5 Å². The Labute approximate surface area is 81.6 Å². The summed E-state index contributed by atoms with van der Waals surface area (Å²) >= 11 is 0. The quantitative estimate of drug-likeness (QED) is 0.816. The van der Waals surface area contributed by atoms with Gasteiger partial charge < -0.3 is 5.32 Å². The fraction of sp³-hybridized carbons (Fsp3) is 0.556. The molecule has 0 aromatic carbocycles. The summed E-state index contributed by atoms with van der Waals surface area (Å²) in [6.45, 7) is 3.87. The van der Waals surface area contributed by atoms with Crippen molar-refractivity contribution in [2.75, 3.05) is 12.4 Å². The van der Waals surface area contributed by atoms with E-state index in [0.29, 0.717) is 11.5 Å². The van der Waals surface area contributed by atoms with Gasteiger partial charge in [-0.1, -0.05) is 13.8 Å². The van der Waals surface area contributed by atoms with E-state index in [2.05, 4.69) is 15.3 Å². The number of nitrogens with zero attached hydrogens (tertiary/aromatic N) is 2. The van der Waals surface area contributed by atoms with Crippen LogP contribution in [0.25, 0.3) is 0 Å². The molecule has 1 aromatic heterocycles. The van der Waals surface area contributed by atoms with Crippen molar-refractivity contribution >= 4 is 5.82 Å². The molecule has 0 fully saturated rings. The highest BCUT2D eigenvalue weighted by molar-refractivity contribution is 5.41. The number of rotatable bonds is 3. The van der Waals surface area contributed by atoms with Crippen LogP contribution in [0.3, 0.4) is 0 Å². The van der Waals surface area contributed by atoms with Gasteiger partial charge in [-0.2, -0.15) is 0 Å². The molecule has 0 bridgehead atoms. The van der Waals surface area contributed by atoms with Gasteiger partial charge in [0.05, 0.1) is 11.9 Å². The summed E-state index contributed by atoms with van der Waals surface area (Å²) in [7, 11) is 1.64. The van der Waals surface area contributed by atoms with Crippen LogP contribution in [0.5, 0.6) is 0 Å². The van der Waals surface area contributed by atoms with Crippen molar-refractivity contribution in [1.29, 1.82) is 0 Å². The van der Waals surface area contributed by atoms with E-state index >= 15 is 0 Å². The summed E-state index contributed by atoms with van der Waals surface area (Å²) < 4.78 is 24.6. The van der Waals surface area contributed by atoms with E-state index < -0.39 is 6.43 Å². The number of anilines is 1. The Bertz CT molecular complexity index is 313. The van der Waals surface area contributed by atoms with Crippen LogP contribution >= 0.6 is 0 Å². The van der Waals surface area contributed by atoms with Gasteiger partial charge in [-0.15, -0.1) is 0 Å². The first-order valence-corrected chi connectivity index (χ1v) is 4.39. The van der Waals surface area contributed by atoms with E-state index in [4.69, 9.17) is 0 Å². The molecule has 3 nitrogen and oxygen atoms in total. The molecular formula is C9H13F2N3. The van der Waals surface area contributed by atoms with Gasteiger partial charge >= 0.3 is 0 Å². The zero-order chi connectivity index (χ0) is 10.7. The van der Waals surface area contributed by atoms with Crippen molar-refractivity contribution in [3.05, 3.63) is 17.6 Å². The Kier molecular flexibility index (Phi) is 3.33. The maximum Gasteiger partial charge on any atom is 0.281 e. The number of nitrogens with one attached hydrogen (secondary N) is 1. The summed E-state index contributed by atoms with van der Waals surface area (Å²) in [5, 5.41) is 2.77. The number of hydrogen-bond acceptors (Lipinski definition) is 3. The first-order chi connectivity index (χ1) is 6.56. The summed E-state index contributed by atoms with van der Waals surface area (Å²) in [6, 6.07) is 0. The zero-order valence-corrected chi connectivity index (χ0v) is 8.38. The average molecular weight is 201 g/mol. The van der Waals surface area contributed by atoms with Crippen LogP contribution in [-0.4, -0.2) is 17.0 Å². The van der Waals surface area contributed by atoms with Crippen molar-refractivity contribution < 1.29 is 8.78 Å². The Morgan fingerprint density at radius 3 is 2.43 bits per heavy atom. The van der Waals surface area contributed by atoms with E-state index in [1.165, 1.54) is 0 Å².